The van der Waals surface area contributed by atoms with E-state index in [9.17, 15) is 0 Å². The van der Waals surface area contributed by atoms with Crippen molar-refractivity contribution in [1.82, 2.24) is 0 Å². The number of benzene rings is 9. The van der Waals surface area contributed by atoms with E-state index in [1.54, 1.807) is 0 Å². The highest BCUT2D eigenvalue weighted by Crippen LogP contribution is 2.51. The maximum Gasteiger partial charge on any atom is 0.196 e. The first-order valence-corrected chi connectivity index (χ1v) is 20.3. The third kappa shape index (κ3) is 5.55. The van der Waals surface area contributed by atoms with Gasteiger partial charge in [-0.05, 0) is 65.2 Å². The molecule has 0 bridgehead atoms. The summed E-state index contributed by atoms with van der Waals surface area (Å²) in [4.78, 5) is 2.34. The average Bonchev–Trinajstić information content (AvgIpc) is 4.04. The summed E-state index contributed by atoms with van der Waals surface area (Å²) in [5, 5.41) is 7.91. The fourth-order valence-electron chi connectivity index (χ4n) is 8.89. The molecule has 11 aromatic rings. The van der Waals surface area contributed by atoms with Crippen LogP contribution in [0, 0.1) is 0 Å². The molecule has 9 aromatic carbocycles. The summed E-state index contributed by atoms with van der Waals surface area (Å²) in [7, 11) is 0. The lowest BCUT2D eigenvalue weighted by Crippen LogP contribution is -2.11. The molecule has 12 rings (SSSR count). The van der Waals surface area contributed by atoms with Crippen molar-refractivity contribution in [3.05, 3.63) is 212 Å². The van der Waals surface area contributed by atoms with Crippen LogP contribution in [-0.4, -0.2) is 0 Å². The first-order chi connectivity index (χ1) is 29.7. The molecule has 5 heteroatoms. The normalized spacial score (nSPS) is 13.4. The standard InChI is InChI=1S/C55H36N2O3/c1-3-14-35(15-4-1)41-18-7-10-23-48(41)57(39-30-26-36(27-31-39)42-21-13-22-44-43-19-8-11-24-49(43)58-52(42)44)40-32-28-37(29-33-40)46-34-47-54(60-55(56-47)38-16-5-2-6-17-38)51-45-20-9-12-25-50(45)59-53(46)51/h1-34,55-56H. The van der Waals surface area contributed by atoms with Crippen molar-refractivity contribution in [2.45, 2.75) is 6.23 Å². The van der Waals surface area contributed by atoms with E-state index >= 15 is 0 Å². The number of ether oxygens (including phenoxy) is 1. The predicted molar refractivity (Wildman–Crippen MR) is 245 cm³/mol. The molecule has 0 aliphatic carbocycles. The Morgan fingerprint density at radius 3 is 1.72 bits per heavy atom. The number of hydrogen-bond acceptors (Lipinski definition) is 5. The summed E-state index contributed by atoms with van der Waals surface area (Å²) in [5.74, 6) is 0.813. The zero-order valence-electron chi connectivity index (χ0n) is 32.4. The zero-order valence-corrected chi connectivity index (χ0v) is 32.4. The van der Waals surface area contributed by atoms with Crippen LogP contribution in [0.3, 0.4) is 0 Å². The van der Waals surface area contributed by atoms with Gasteiger partial charge in [0.05, 0.1) is 16.8 Å². The van der Waals surface area contributed by atoms with E-state index in [0.717, 1.165) is 111 Å². The van der Waals surface area contributed by atoms with Gasteiger partial charge in [0.2, 0.25) is 0 Å². The van der Waals surface area contributed by atoms with Gasteiger partial charge in [-0.25, -0.2) is 0 Å². The highest BCUT2D eigenvalue weighted by molar-refractivity contribution is 6.15. The molecule has 0 saturated carbocycles. The van der Waals surface area contributed by atoms with Crippen LogP contribution in [0.5, 0.6) is 5.75 Å². The van der Waals surface area contributed by atoms with E-state index in [4.69, 9.17) is 13.6 Å². The van der Waals surface area contributed by atoms with Crippen molar-refractivity contribution in [2.24, 2.45) is 0 Å². The largest absolute Gasteiger partial charge is 0.464 e. The quantitative estimate of drug-likeness (QED) is 0.175. The van der Waals surface area contributed by atoms with Gasteiger partial charge < -0.3 is 23.8 Å². The smallest absolute Gasteiger partial charge is 0.196 e. The second-order valence-corrected chi connectivity index (χ2v) is 15.2. The van der Waals surface area contributed by atoms with Crippen LogP contribution < -0.4 is 15.0 Å². The molecule has 5 nitrogen and oxygen atoms in total. The second kappa shape index (κ2) is 13.8. The van der Waals surface area contributed by atoms with E-state index in [-0.39, 0.29) is 6.23 Å². The van der Waals surface area contributed by atoms with Gasteiger partial charge in [0.25, 0.3) is 0 Å². The van der Waals surface area contributed by atoms with Gasteiger partial charge in [0, 0.05) is 49.8 Å². The number of nitrogens with one attached hydrogen (secondary N) is 1. The molecule has 1 aliphatic rings. The molecule has 3 heterocycles. The van der Waals surface area contributed by atoms with Crippen molar-refractivity contribution in [2.75, 3.05) is 10.2 Å². The van der Waals surface area contributed by atoms with E-state index in [0.29, 0.717) is 0 Å². The average molecular weight is 773 g/mol. The molecule has 1 atom stereocenters. The van der Waals surface area contributed by atoms with Gasteiger partial charge in [-0.2, -0.15) is 0 Å². The summed E-state index contributed by atoms with van der Waals surface area (Å²) in [6.45, 7) is 0. The Hall–Kier alpha value is -8.02. The van der Waals surface area contributed by atoms with Crippen LogP contribution >= 0.6 is 0 Å². The molecule has 1 unspecified atom stereocenters. The van der Waals surface area contributed by atoms with E-state index in [2.05, 4.69) is 174 Å². The van der Waals surface area contributed by atoms with Gasteiger partial charge in [0.1, 0.15) is 22.3 Å². The van der Waals surface area contributed by atoms with Crippen LogP contribution in [0.15, 0.2) is 215 Å². The molecule has 0 amide bonds. The highest BCUT2D eigenvalue weighted by atomic mass is 16.5. The summed E-state index contributed by atoms with van der Waals surface area (Å²) in [6, 6.07) is 72.1. The molecule has 284 valence electrons. The van der Waals surface area contributed by atoms with Crippen molar-refractivity contribution in [3.63, 3.8) is 0 Å². The van der Waals surface area contributed by atoms with Crippen molar-refractivity contribution in [1.29, 1.82) is 0 Å². The van der Waals surface area contributed by atoms with Gasteiger partial charge in [0.15, 0.2) is 12.0 Å². The number of hydrogen-bond donors (Lipinski definition) is 1. The first-order valence-electron chi connectivity index (χ1n) is 20.3. The first kappa shape index (κ1) is 34.1. The van der Waals surface area contributed by atoms with Crippen molar-refractivity contribution >= 4 is 66.6 Å². The molecule has 0 saturated heterocycles. The fourth-order valence-corrected chi connectivity index (χ4v) is 8.89. The Labute approximate surface area is 346 Å². The molecule has 2 aromatic heterocycles. The number of rotatable bonds is 7. The summed E-state index contributed by atoms with van der Waals surface area (Å²) in [6.07, 6.45) is -0.299. The van der Waals surface area contributed by atoms with E-state index in [1.165, 1.54) is 0 Å². The Morgan fingerprint density at radius 2 is 0.967 bits per heavy atom. The maximum absolute atomic E-state index is 6.65. The molecule has 1 aliphatic heterocycles. The molecular weight excluding hydrogens is 737 g/mol. The second-order valence-electron chi connectivity index (χ2n) is 15.2. The molecule has 0 radical (unpaired) electrons. The van der Waals surface area contributed by atoms with Crippen LogP contribution in [-0.2, 0) is 0 Å². The van der Waals surface area contributed by atoms with E-state index in [1.807, 2.05) is 42.5 Å². The lowest BCUT2D eigenvalue weighted by atomic mass is 9.98. The molecule has 0 spiro atoms. The predicted octanol–water partition coefficient (Wildman–Crippen LogP) is 15.5. The minimum Gasteiger partial charge on any atom is -0.464 e. The highest BCUT2D eigenvalue weighted by Gasteiger charge is 2.30. The fraction of sp³-hybridized carbons (Fsp3) is 0.0182. The number of anilines is 4. The minimum absolute atomic E-state index is 0.299. The molecule has 1 N–H and O–H groups in total. The Kier molecular flexibility index (Phi) is 7.85. The Balaban J connectivity index is 0.979. The number of fused-ring (bicyclic) bond motifs is 8. The van der Waals surface area contributed by atoms with Gasteiger partial charge in [-0.15, -0.1) is 0 Å². The van der Waals surface area contributed by atoms with Gasteiger partial charge in [-0.3, -0.25) is 0 Å². The van der Waals surface area contributed by atoms with Gasteiger partial charge in [-0.1, -0.05) is 158 Å². The summed E-state index contributed by atoms with van der Waals surface area (Å²) < 4.78 is 19.7. The summed E-state index contributed by atoms with van der Waals surface area (Å²) in [5.41, 5.74) is 15.1. The molecule has 60 heavy (non-hydrogen) atoms. The monoisotopic (exact) mass is 772 g/mol. The van der Waals surface area contributed by atoms with Crippen LogP contribution in [0.2, 0.25) is 0 Å². The third-order valence-corrected chi connectivity index (χ3v) is 11.7. The van der Waals surface area contributed by atoms with Crippen LogP contribution in [0.1, 0.15) is 11.8 Å². The minimum atomic E-state index is -0.299. The lowest BCUT2D eigenvalue weighted by molar-refractivity contribution is 0.263. The summed E-state index contributed by atoms with van der Waals surface area (Å²) >= 11 is 0. The Bertz CT molecular complexity index is 3370. The SMILES string of the molecule is c1ccc(-c2ccccc2N(c2ccc(-c3cccc4c3oc3ccccc34)cc2)c2ccc(-c3cc4c(c5c3oc3ccccc35)OC(c3ccccc3)N4)cc2)cc1. The van der Waals surface area contributed by atoms with Crippen LogP contribution in [0.4, 0.5) is 22.7 Å². The Morgan fingerprint density at radius 1 is 0.417 bits per heavy atom. The van der Waals surface area contributed by atoms with Gasteiger partial charge >= 0.3 is 0 Å². The number of furan rings is 2. The maximum atomic E-state index is 6.65. The number of para-hydroxylation sites is 4. The van der Waals surface area contributed by atoms with Crippen LogP contribution in [0.25, 0.3) is 77.3 Å². The number of nitrogens with zero attached hydrogens (tertiary/aromatic N) is 1. The zero-order chi connectivity index (χ0) is 39.6. The molecule has 0 fully saturated rings. The lowest BCUT2D eigenvalue weighted by Gasteiger charge is -2.28. The third-order valence-electron chi connectivity index (χ3n) is 11.7. The van der Waals surface area contributed by atoms with Crippen molar-refractivity contribution < 1.29 is 13.6 Å². The topological polar surface area (TPSA) is 50.8 Å². The van der Waals surface area contributed by atoms with E-state index < -0.39 is 0 Å². The van der Waals surface area contributed by atoms with Crippen molar-refractivity contribution in [3.8, 4) is 39.1 Å². The molecular formula is C55H36N2O3.